The fourth-order valence-corrected chi connectivity index (χ4v) is 5.72. The summed E-state index contributed by atoms with van der Waals surface area (Å²) >= 11 is 0. The van der Waals surface area contributed by atoms with Gasteiger partial charge in [-0.1, -0.05) is 12.8 Å². The van der Waals surface area contributed by atoms with Crippen LogP contribution in [0.5, 0.6) is 0 Å². The molecule has 1 aromatic heterocycles. The molecule has 3 fully saturated rings. The molecule has 3 aliphatic rings. The molecule has 5 unspecified atom stereocenters. The number of H-pyrrole nitrogens is 1. The fourth-order valence-electron chi connectivity index (χ4n) is 5.72. The Balaban J connectivity index is 1.39. The van der Waals surface area contributed by atoms with E-state index in [1.165, 1.54) is 38.5 Å². The molecule has 1 amide bonds. The minimum absolute atomic E-state index is 0.116. The number of amides is 1. The number of aromatic nitrogens is 1. The van der Waals surface area contributed by atoms with Gasteiger partial charge >= 0.3 is 0 Å². The van der Waals surface area contributed by atoms with Gasteiger partial charge in [-0.25, -0.2) is 0 Å². The van der Waals surface area contributed by atoms with Crippen LogP contribution < -0.4 is 5.32 Å². The van der Waals surface area contributed by atoms with Crippen LogP contribution in [0.25, 0.3) is 10.9 Å². The second-order valence-corrected chi connectivity index (χ2v) is 7.96. The summed E-state index contributed by atoms with van der Waals surface area (Å²) in [5.41, 5.74) is 1.89. The van der Waals surface area contributed by atoms with Gasteiger partial charge < -0.3 is 10.3 Å². The van der Waals surface area contributed by atoms with Crippen LogP contribution >= 0.6 is 0 Å². The Bertz CT molecular complexity index is 749. The van der Waals surface area contributed by atoms with Gasteiger partial charge in [0.1, 0.15) is 0 Å². The second kappa shape index (κ2) is 5.12. The first-order valence-corrected chi connectivity index (χ1v) is 9.16. The Morgan fingerprint density at radius 1 is 1.00 bits per heavy atom. The summed E-state index contributed by atoms with van der Waals surface area (Å²) in [6, 6.07) is 8.39. The third kappa shape index (κ3) is 2.20. The van der Waals surface area contributed by atoms with Gasteiger partial charge in [0.25, 0.3) is 5.91 Å². The largest absolute Gasteiger partial charge is 0.361 e. The van der Waals surface area contributed by atoms with Gasteiger partial charge in [0.15, 0.2) is 0 Å². The van der Waals surface area contributed by atoms with Crippen LogP contribution in [0.3, 0.4) is 0 Å². The number of rotatable bonds is 2. The number of nitrogens with one attached hydrogen (secondary N) is 2. The normalized spacial score (nSPS) is 35.4. The van der Waals surface area contributed by atoms with Gasteiger partial charge in [-0.2, -0.15) is 0 Å². The lowest BCUT2D eigenvalue weighted by molar-refractivity contribution is 0.0863. The van der Waals surface area contributed by atoms with Crippen LogP contribution in [-0.4, -0.2) is 16.9 Å². The summed E-state index contributed by atoms with van der Waals surface area (Å²) < 4.78 is 0. The van der Waals surface area contributed by atoms with Crippen LogP contribution in [0.2, 0.25) is 0 Å². The minimum atomic E-state index is 0.116. The Morgan fingerprint density at radius 3 is 2.78 bits per heavy atom. The van der Waals surface area contributed by atoms with Crippen molar-refractivity contribution in [2.45, 2.75) is 44.6 Å². The molecule has 0 aliphatic heterocycles. The Morgan fingerprint density at radius 2 is 1.83 bits per heavy atom. The summed E-state index contributed by atoms with van der Waals surface area (Å²) in [7, 11) is 0. The minimum Gasteiger partial charge on any atom is -0.361 e. The van der Waals surface area contributed by atoms with Crippen LogP contribution in [0, 0.1) is 23.7 Å². The quantitative estimate of drug-likeness (QED) is 0.861. The van der Waals surface area contributed by atoms with Crippen molar-refractivity contribution < 1.29 is 4.79 Å². The third-order valence-electron chi connectivity index (χ3n) is 6.76. The zero-order valence-corrected chi connectivity index (χ0v) is 13.4. The maximum atomic E-state index is 12.8. The zero-order chi connectivity index (χ0) is 15.4. The van der Waals surface area contributed by atoms with Gasteiger partial charge in [0, 0.05) is 28.7 Å². The molecule has 2 N–H and O–H groups in total. The predicted octanol–water partition coefficient (Wildman–Crippen LogP) is 4.11. The molecular formula is C20H24N2O. The van der Waals surface area contributed by atoms with Crippen molar-refractivity contribution in [2.24, 2.45) is 23.7 Å². The van der Waals surface area contributed by atoms with Crippen LogP contribution in [0.1, 0.15) is 48.9 Å². The topological polar surface area (TPSA) is 44.9 Å². The van der Waals surface area contributed by atoms with Crippen LogP contribution in [0.15, 0.2) is 30.5 Å². The van der Waals surface area contributed by atoms with Gasteiger partial charge in [-0.15, -0.1) is 0 Å². The molecule has 0 saturated heterocycles. The molecule has 5 atom stereocenters. The average molecular weight is 308 g/mol. The molecule has 3 aliphatic carbocycles. The standard InChI is InChI=1S/C20H24N2O/c23-20(15-4-5-18-13(9-15)6-7-21-18)22-19-14-3-1-2-12-8-17(19)11-16(12)10-14/h4-7,9,12,14,16-17,19,21H,1-3,8,10-11H2,(H,22,23). The first-order chi connectivity index (χ1) is 11.3. The molecular weight excluding hydrogens is 284 g/mol. The van der Waals surface area contributed by atoms with Gasteiger partial charge in [0.2, 0.25) is 0 Å². The summed E-state index contributed by atoms with van der Waals surface area (Å²) in [4.78, 5) is 16.0. The van der Waals surface area contributed by atoms with E-state index in [0.717, 1.165) is 34.2 Å². The second-order valence-electron chi connectivity index (χ2n) is 7.96. The van der Waals surface area contributed by atoms with Crippen LogP contribution in [0.4, 0.5) is 0 Å². The van der Waals surface area contributed by atoms with E-state index in [2.05, 4.69) is 10.3 Å². The summed E-state index contributed by atoms with van der Waals surface area (Å²) in [5.74, 6) is 3.46. The van der Waals surface area contributed by atoms with Crippen molar-refractivity contribution in [3.05, 3.63) is 36.0 Å². The number of hydrogen-bond acceptors (Lipinski definition) is 1. The molecule has 3 bridgehead atoms. The SMILES string of the molecule is O=C(NC1C2CCCC3CC1CC3C2)c1ccc2[nH]ccc2c1. The van der Waals surface area contributed by atoms with E-state index in [0.29, 0.717) is 12.0 Å². The van der Waals surface area contributed by atoms with Crippen molar-refractivity contribution >= 4 is 16.8 Å². The third-order valence-corrected chi connectivity index (χ3v) is 6.76. The van der Waals surface area contributed by atoms with E-state index >= 15 is 0 Å². The highest BCUT2D eigenvalue weighted by molar-refractivity contribution is 5.98. The molecule has 0 spiro atoms. The molecule has 3 saturated carbocycles. The lowest BCUT2D eigenvalue weighted by Crippen LogP contribution is -2.47. The van der Waals surface area contributed by atoms with Crippen LogP contribution in [-0.2, 0) is 0 Å². The highest BCUT2D eigenvalue weighted by atomic mass is 16.1. The monoisotopic (exact) mass is 308 g/mol. The van der Waals surface area contributed by atoms with Gasteiger partial charge in [-0.05, 0) is 73.6 Å². The summed E-state index contributed by atoms with van der Waals surface area (Å²) in [6.07, 6.45) is 10.1. The van der Waals surface area contributed by atoms with Crippen molar-refractivity contribution in [1.82, 2.24) is 10.3 Å². The van der Waals surface area contributed by atoms with Crippen molar-refractivity contribution in [3.63, 3.8) is 0 Å². The number of fused-ring (bicyclic) bond motifs is 3. The smallest absolute Gasteiger partial charge is 0.251 e. The molecule has 1 aromatic carbocycles. The number of benzene rings is 1. The van der Waals surface area contributed by atoms with Crippen molar-refractivity contribution in [2.75, 3.05) is 0 Å². The first-order valence-electron chi connectivity index (χ1n) is 9.16. The Labute approximate surface area is 136 Å². The summed E-state index contributed by atoms with van der Waals surface area (Å²) in [6.45, 7) is 0. The first kappa shape index (κ1) is 13.6. The highest BCUT2D eigenvalue weighted by Gasteiger charge is 2.48. The van der Waals surface area contributed by atoms with Crippen molar-refractivity contribution in [3.8, 4) is 0 Å². The number of aromatic amines is 1. The summed E-state index contributed by atoms with van der Waals surface area (Å²) in [5, 5.41) is 4.54. The number of hydrogen-bond donors (Lipinski definition) is 2. The van der Waals surface area contributed by atoms with E-state index in [9.17, 15) is 4.79 Å². The molecule has 0 radical (unpaired) electrons. The van der Waals surface area contributed by atoms with Gasteiger partial charge in [-0.3, -0.25) is 4.79 Å². The van der Waals surface area contributed by atoms with E-state index in [4.69, 9.17) is 0 Å². The molecule has 1 heterocycles. The fraction of sp³-hybridized carbons (Fsp3) is 0.550. The Kier molecular flexibility index (Phi) is 3.04. The van der Waals surface area contributed by atoms with E-state index in [1.54, 1.807) is 0 Å². The predicted molar refractivity (Wildman–Crippen MR) is 91.2 cm³/mol. The molecule has 23 heavy (non-hydrogen) atoms. The molecule has 2 aromatic rings. The van der Waals surface area contributed by atoms with E-state index in [-0.39, 0.29) is 5.91 Å². The zero-order valence-electron chi connectivity index (χ0n) is 13.4. The number of carbonyl (C=O) groups excluding carboxylic acids is 1. The van der Waals surface area contributed by atoms with E-state index < -0.39 is 0 Å². The lowest BCUT2D eigenvalue weighted by Gasteiger charge is -2.37. The van der Waals surface area contributed by atoms with E-state index in [1.807, 2.05) is 30.5 Å². The highest BCUT2D eigenvalue weighted by Crippen LogP contribution is 2.53. The van der Waals surface area contributed by atoms with Crippen molar-refractivity contribution in [1.29, 1.82) is 0 Å². The maximum absolute atomic E-state index is 12.8. The Hall–Kier alpha value is -1.77. The molecule has 3 heteroatoms. The molecule has 120 valence electrons. The maximum Gasteiger partial charge on any atom is 0.251 e. The van der Waals surface area contributed by atoms with Gasteiger partial charge in [0.05, 0.1) is 0 Å². The number of carbonyl (C=O) groups is 1. The average Bonchev–Trinajstić information content (AvgIpc) is 3.11. The lowest BCUT2D eigenvalue weighted by atomic mass is 9.75. The molecule has 5 rings (SSSR count). The molecule has 3 nitrogen and oxygen atoms in total.